The summed E-state index contributed by atoms with van der Waals surface area (Å²) in [7, 11) is 1.77. The van der Waals surface area contributed by atoms with Crippen molar-refractivity contribution in [3.63, 3.8) is 0 Å². The first-order chi connectivity index (χ1) is 11.3. The third kappa shape index (κ3) is 3.71. The van der Waals surface area contributed by atoms with Crippen molar-refractivity contribution in [1.29, 1.82) is 0 Å². The van der Waals surface area contributed by atoms with Gasteiger partial charge in [0.2, 0.25) is 0 Å². The Labute approximate surface area is 135 Å². The number of benzene rings is 1. The van der Waals surface area contributed by atoms with Crippen LogP contribution in [-0.4, -0.2) is 34.7 Å². The molecule has 0 bridgehead atoms. The van der Waals surface area contributed by atoms with E-state index in [0.29, 0.717) is 6.54 Å². The van der Waals surface area contributed by atoms with Crippen molar-refractivity contribution >= 4 is 16.9 Å². The summed E-state index contributed by atoms with van der Waals surface area (Å²) < 4.78 is 0. The Morgan fingerprint density at radius 1 is 1.26 bits per heavy atom. The maximum atomic E-state index is 4.23. The third-order valence-corrected chi connectivity index (χ3v) is 3.84. The molecule has 2 aromatic heterocycles. The Morgan fingerprint density at radius 3 is 2.96 bits per heavy atom. The molecule has 0 aliphatic carbocycles. The second kappa shape index (κ2) is 7.00. The third-order valence-electron chi connectivity index (χ3n) is 3.84. The van der Waals surface area contributed by atoms with E-state index in [1.54, 1.807) is 13.2 Å². The van der Waals surface area contributed by atoms with Gasteiger partial charge in [-0.05, 0) is 36.6 Å². The fraction of sp³-hybridized carbons (Fsp3) is 0.294. The summed E-state index contributed by atoms with van der Waals surface area (Å²) in [5, 5.41) is 14.7. The molecular weight excluding hydrogens is 288 g/mol. The molecule has 0 spiro atoms. The minimum Gasteiger partial charge on any atom is -0.361 e. The molecule has 3 rings (SSSR count). The number of rotatable bonds is 5. The molecule has 3 aromatic rings. The Morgan fingerprint density at radius 2 is 2.17 bits per heavy atom. The highest BCUT2D eigenvalue weighted by molar-refractivity contribution is 5.84. The van der Waals surface area contributed by atoms with Crippen molar-refractivity contribution in [2.24, 2.45) is 4.99 Å². The first kappa shape index (κ1) is 15.1. The Balaban J connectivity index is 1.53. The highest BCUT2D eigenvalue weighted by Crippen LogP contribution is 2.19. The number of aryl methyl sites for hydroxylation is 1. The largest absolute Gasteiger partial charge is 0.361 e. The number of nitrogens with one attached hydrogen (secondary N) is 4. The topological polar surface area (TPSA) is 80.9 Å². The van der Waals surface area contributed by atoms with E-state index in [-0.39, 0.29) is 0 Å². The lowest BCUT2D eigenvalue weighted by Gasteiger charge is -2.10. The molecule has 0 saturated heterocycles. The molecule has 0 unspecified atom stereocenters. The molecule has 0 aliphatic heterocycles. The van der Waals surface area contributed by atoms with Crippen LogP contribution in [0.1, 0.15) is 16.8 Å². The lowest BCUT2D eigenvalue weighted by Crippen LogP contribution is -2.37. The van der Waals surface area contributed by atoms with Crippen LogP contribution in [0, 0.1) is 6.92 Å². The van der Waals surface area contributed by atoms with Crippen molar-refractivity contribution in [1.82, 2.24) is 25.8 Å². The van der Waals surface area contributed by atoms with E-state index >= 15 is 0 Å². The van der Waals surface area contributed by atoms with Crippen LogP contribution in [0.15, 0.2) is 41.7 Å². The number of nitrogens with zero attached hydrogens (tertiary/aromatic N) is 2. The summed E-state index contributed by atoms with van der Waals surface area (Å²) in [5.41, 5.74) is 4.81. The van der Waals surface area contributed by atoms with E-state index in [0.717, 1.165) is 24.6 Å². The minimum absolute atomic E-state index is 0.673. The van der Waals surface area contributed by atoms with Crippen molar-refractivity contribution in [3.8, 4) is 0 Å². The molecule has 0 radical (unpaired) electrons. The average Bonchev–Trinajstić information content (AvgIpc) is 3.20. The first-order valence-corrected chi connectivity index (χ1v) is 7.75. The monoisotopic (exact) mass is 310 g/mol. The summed E-state index contributed by atoms with van der Waals surface area (Å²) in [4.78, 5) is 7.57. The summed E-state index contributed by atoms with van der Waals surface area (Å²) >= 11 is 0. The average molecular weight is 310 g/mol. The van der Waals surface area contributed by atoms with E-state index in [4.69, 9.17) is 0 Å². The standard InChI is InChI=1S/C17H22N6/c1-12-3-4-15-13(10-20-16(15)9-12)5-7-19-17(18-2)21-11-14-6-8-22-23-14/h3-4,6,8-10,20H,5,7,11H2,1-2H3,(H,22,23)(H2,18,19,21). The number of fused-ring (bicyclic) bond motifs is 1. The lowest BCUT2D eigenvalue weighted by molar-refractivity contribution is 0.781. The Kier molecular flexibility index (Phi) is 4.61. The molecule has 23 heavy (non-hydrogen) atoms. The predicted octanol–water partition coefficient (Wildman–Crippen LogP) is 2.11. The number of hydrogen-bond donors (Lipinski definition) is 4. The van der Waals surface area contributed by atoms with Crippen LogP contribution in [0.4, 0.5) is 0 Å². The first-order valence-electron chi connectivity index (χ1n) is 7.75. The zero-order valence-corrected chi connectivity index (χ0v) is 13.5. The second-order valence-electron chi connectivity index (χ2n) is 5.55. The van der Waals surface area contributed by atoms with Gasteiger partial charge >= 0.3 is 0 Å². The maximum absolute atomic E-state index is 4.23. The molecule has 4 N–H and O–H groups in total. The molecule has 0 saturated carbocycles. The Bertz CT molecular complexity index is 785. The van der Waals surface area contributed by atoms with Gasteiger partial charge in [0, 0.05) is 36.9 Å². The van der Waals surface area contributed by atoms with Crippen molar-refractivity contribution in [2.75, 3.05) is 13.6 Å². The zero-order valence-electron chi connectivity index (χ0n) is 13.5. The van der Waals surface area contributed by atoms with E-state index in [1.165, 1.54) is 22.0 Å². The van der Waals surface area contributed by atoms with Gasteiger partial charge in [0.25, 0.3) is 0 Å². The molecule has 0 aliphatic rings. The summed E-state index contributed by atoms with van der Waals surface area (Å²) in [6, 6.07) is 8.45. The van der Waals surface area contributed by atoms with Gasteiger partial charge in [-0.25, -0.2) is 0 Å². The molecule has 120 valence electrons. The maximum Gasteiger partial charge on any atom is 0.191 e. The van der Waals surface area contributed by atoms with Gasteiger partial charge in [-0.1, -0.05) is 12.1 Å². The zero-order chi connectivity index (χ0) is 16.1. The van der Waals surface area contributed by atoms with Crippen LogP contribution in [0.2, 0.25) is 0 Å². The van der Waals surface area contributed by atoms with Gasteiger partial charge in [-0.15, -0.1) is 0 Å². The van der Waals surface area contributed by atoms with Crippen molar-refractivity contribution in [2.45, 2.75) is 19.9 Å². The molecule has 0 fully saturated rings. The molecule has 0 atom stereocenters. The van der Waals surface area contributed by atoms with Crippen LogP contribution in [0.3, 0.4) is 0 Å². The fourth-order valence-electron chi connectivity index (χ4n) is 2.61. The lowest BCUT2D eigenvalue weighted by atomic mass is 10.1. The highest BCUT2D eigenvalue weighted by Gasteiger charge is 2.04. The quantitative estimate of drug-likeness (QED) is 0.430. The van der Waals surface area contributed by atoms with Crippen LogP contribution < -0.4 is 10.6 Å². The number of hydrogen-bond acceptors (Lipinski definition) is 2. The molecule has 6 heteroatoms. The number of guanidine groups is 1. The summed E-state index contributed by atoms with van der Waals surface area (Å²) in [5.74, 6) is 0.787. The molecule has 2 heterocycles. The van der Waals surface area contributed by atoms with E-state index in [1.807, 2.05) is 6.07 Å². The Hall–Kier alpha value is -2.76. The molecule has 0 amide bonds. The summed E-state index contributed by atoms with van der Waals surface area (Å²) in [6.07, 6.45) is 4.77. The van der Waals surface area contributed by atoms with Crippen LogP contribution >= 0.6 is 0 Å². The van der Waals surface area contributed by atoms with Crippen molar-refractivity contribution < 1.29 is 0 Å². The number of aliphatic imine (C=N–C) groups is 1. The van der Waals surface area contributed by atoms with E-state index < -0.39 is 0 Å². The molecule has 1 aromatic carbocycles. The smallest absolute Gasteiger partial charge is 0.191 e. The number of aromatic nitrogens is 3. The van der Waals surface area contributed by atoms with Gasteiger partial charge in [0.05, 0.1) is 12.2 Å². The molecule has 6 nitrogen and oxygen atoms in total. The highest BCUT2D eigenvalue weighted by atomic mass is 15.2. The van der Waals surface area contributed by atoms with Gasteiger partial charge in [0.15, 0.2) is 5.96 Å². The summed E-state index contributed by atoms with van der Waals surface area (Å²) in [6.45, 7) is 3.60. The van der Waals surface area contributed by atoms with Gasteiger partial charge in [0.1, 0.15) is 0 Å². The number of H-pyrrole nitrogens is 2. The second-order valence-corrected chi connectivity index (χ2v) is 5.55. The van der Waals surface area contributed by atoms with E-state index in [9.17, 15) is 0 Å². The van der Waals surface area contributed by atoms with Crippen LogP contribution in [-0.2, 0) is 13.0 Å². The molecular formula is C17H22N6. The predicted molar refractivity (Wildman–Crippen MR) is 93.5 cm³/mol. The van der Waals surface area contributed by atoms with Gasteiger partial charge in [-0.2, -0.15) is 5.10 Å². The normalized spacial score (nSPS) is 11.8. The van der Waals surface area contributed by atoms with Crippen LogP contribution in [0.25, 0.3) is 10.9 Å². The van der Waals surface area contributed by atoms with E-state index in [2.05, 4.69) is 62.1 Å². The van der Waals surface area contributed by atoms with Gasteiger partial charge in [-0.3, -0.25) is 10.1 Å². The van der Waals surface area contributed by atoms with Crippen molar-refractivity contribution in [3.05, 3.63) is 53.5 Å². The number of aromatic amines is 2. The minimum atomic E-state index is 0.673. The fourth-order valence-corrected chi connectivity index (χ4v) is 2.61. The SMILES string of the molecule is CN=C(NCCc1c[nH]c2cc(C)ccc12)NCc1ccn[nH]1. The van der Waals surface area contributed by atoms with Crippen LogP contribution in [0.5, 0.6) is 0 Å². The van der Waals surface area contributed by atoms with Gasteiger partial charge < -0.3 is 15.6 Å².